The predicted molar refractivity (Wildman–Crippen MR) is 68.9 cm³/mol. The van der Waals surface area contributed by atoms with Gasteiger partial charge in [-0.15, -0.1) is 0 Å². The van der Waals surface area contributed by atoms with Gasteiger partial charge in [0.05, 0.1) is 29.4 Å². The van der Waals surface area contributed by atoms with E-state index < -0.39 is 23.0 Å². The molecule has 1 heterocycles. The number of hydrogen-bond donors (Lipinski definition) is 2. The molecular formula is C15H20O4. The van der Waals surface area contributed by atoms with Crippen LogP contribution in [0.2, 0.25) is 0 Å². The van der Waals surface area contributed by atoms with E-state index in [2.05, 4.69) is 0 Å². The lowest BCUT2D eigenvalue weighted by molar-refractivity contribution is -0.136. The highest BCUT2D eigenvalue weighted by molar-refractivity contribution is 6.02. The van der Waals surface area contributed by atoms with Crippen LogP contribution in [0.25, 0.3) is 0 Å². The van der Waals surface area contributed by atoms with Gasteiger partial charge in [-0.25, -0.2) is 0 Å². The van der Waals surface area contributed by atoms with Crippen LogP contribution < -0.4 is 0 Å². The Morgan fingerprint density at radius 2 is 2.11 bits per heavy atom. The molecule has 0 amide bonds. The van der Waals surface area contributed by atoms with Gasteiger partial charge in [0.25, 0.3) is 0 Å². The molecule has 0 bridgehead atoms. The zero-order valence-corrected chi connectivity index (χ0v) is 11.6. The summed E-state index contributed by atoms with van der Waals surface area (Å²) in [7, 11) is 0. The highest BCUT2D eigenvalue weighted by Gasteiger charge is 2.59. The molecule has 1 aromatic heterocycles. The fraction of sp³-hybridized carbons (Fsp3) is 0.667. The lowest BCUT2D eigenvalue weighted by Gasteiger charge is -2.53. The first-order chi connectivity index (χ1) is 8.77. The predicted octanol–water partition coefficient (Wildman–Crippen LogP) is 1.86. The smallest absolute Gasteiger partial charge is 0.173 e. The number of ketones is 1. The first-order valence-corrected chi connectivity index (χ1v) is 6.79. The van der Waals surface area contributed by atoms with Crippen molar-refractivity contribution < 1.29 is 19.4 Å². The second-order valence-corrected chi connectivity index (χ2v) is 6.61. The Balaban J connectivity index is 2.18. The SMILES string of the molecule is Cc1coc2c1C(=O)[C@@H]1[C@@](C)(C2)[C@@H](O)CC[C@]1(C)O. The van der Waals surface area contributed by atoms with Gasteiger partial charge >= 0.3 is 0 Å². The quantitative estimate of drug-likeness (QED) is 0.750. The van der Waals surface area contributed by atoms with Crippen LogP contribution in [0.1, 0.15) is 48.4 Å². The average molecular weight is 264 g/mol. The third kappa shape index (κ3) is 1.56. The van der Waals surface area contributed by atoms with Crippen LogP contribution in [-0.4, -0.2) is 27.7 Å². The van der Waals surface area contributed by atoms with Crippen molar-refractivity contribution in [1.82, 2.24) is 0 Å². The average Bonchev–Trinajstić information content (AvgIpc) is 2.65. The van der Waals surface area contributed by atoms with E-state index in [1.807, 2.05) is 13.8 Å². The molecule has 4 nitrogen and oxygen atoms in total. The third-order valence-electron chi connectivity index (χ3n) is 5.07. The largest absolute Gasteiger partial charge is 0.468 e. The van der Waals surface area contributed by atoms with Crippen molar-refractivity contribution in [2.24, 2.45) is 11.3 Å². The van der Waals surface area contributed by atoms with E-state index in [1.165, 1.54) is 0 Å². The van der Waals surface area contributed by atoms with Crippen molar-refractivity contribution in [3.63, 3.8) is 0 Å². The minimum atomic E-state index is -1.06. The zero-order chi connectivity index (χ0) is 14.0. The summed E-state index contributed by atoms with van der Waals surface area (Å²) in [5.41, 5.74) is -0.280. The molecule has 3 rings (SSSR count). The highest BCUT2D eigenvalue weighted by Crippen LogP contribution is 2.53. The number of hydrogen-bond acceptors (Lipinski definition) is 4. The number of furan rings is 1. The van der Waals surface area contributed by atoms with Crippen LogP contribution in [0.5, 0.6) is 0 Å². The maximum atomic E-state index is 12.8. The Morgan fingerprint density at radius 1 is 1.42 bits per heavy atom. The van der Waals surface area contributed by atoms with Gasteiger partial charge in [-0.2, -0.15) is 0 Å². The molecule has 0 saturated heterocycles. The minimum Gasteiger partial charge on any atom is -0.468 e. The van der Waals surface area contributed by atoms with Crippen LogP contribution in [-0.2, 0) is 6.42 Å². The van der Waals surface area contributed by atoms with Crippen LogP contribution in [0, 0.1) is 18.3 Å². The number of carbonyl (C=O) groups is 1. The molecule has 2 N–H and O–H groups in total. The standard InChI is InChI=1S/C15H20O4/c1-8-7-19-9-6-14(2)10(16)4-5-15(3,18)13(14)12(17)11(8)9/h7,10,13,16,18H,4-6H2,1-3H3/t10-,13+,14-,15-/m0/s1. The van der Waals surface area contributed by atoms with Crippen molar-refractivity contribution >= 4 is 5.78 Å². The van der Waals surface area contributed by atoms with Gasteiger partial charge in [-0.1, -0.05) is 6.92 Å². The molecule has 1 saturated carbocycles. The summed E-state index contributed by atoms with van der Waals surface area (Å²) in [5, 5.41) is 21.0. The molecule has 0 aromatic carbocycles. The number of Topliss-reactive ketones (excluding diaryl/α,β-unsaturated/α-hetero) is 1. The summed E-state index contributed by atoms with van der Waals surface area (Å²) in [5.74, 6) is 0.00398. The van der Waals surface area contributed by atoms with E-state index in [-0.39, 0.29) is 5.78 Å². The molecule has 2 aliphatic rings. The van der Waals surface area contributed by atoms with Crippen LogP contribution in [0.15, 0.2) is 10.7 Å². The second kappa shape index (κ2) is 3.70. The summed E-state index contributed by atoms with van der Waals surface area (Å²) in [6.07, 6.45) is 2.48. The van der Waals surface area contributed by atoms with Gasteiger partial charge in [0, 0.05) is 11.8 Å². The third-order valence-corrected chi connectivity index (χ3v) is 5.07. The number of aryl methyl sites for hydroxylation is 1. The van der Waals surface area contributed by atoms with Gasteiger partial charge in [-0.3, -0.25) is 4.79 Å². The van der Waals surface area contributed by atoms with Crippen LogP contribution in [0.4, 0.5) is 0 Å². The first kappa shape index (κ1) is 12.9. The lowest BCUT2D eigenvalue weighted by atomic mass is 9.53. The molecule has 104 valence electrons. The fourth-order valence-corrected chi connectivity index (χ4v) is 4.06. The normalized spacial score (nSPS) is 41.8. The maximum absolute atomic E-state index is 12.8. The Hall–Kier alpha value is -1.13. The Morgan fingerprint density at radius 3 is 2.79 bits per heavy atom. The molecule has 2 aliphatic carbocycles. The number of carbonyl (C=O) groups excluding carboxylic acids is 1. The molecule has 1 aromatic rings. The number of fused-ring (bicyclic) bond motifs is 2. The maximum Gasteiger partial charge on any atom is 0.173 e. The summed E-state index contributed by atoms with van der Waals surface area (Å²) in [6, 6.07) is 0. The van der Waals surface area contributed by atoms with E-state index in [9.17, 15) is 15.0 Å². The molecule has 1 fully saturated rings. The van der Waals surface area contributed by atoms with E-state index in [4.69, 9.17) is 4.42 Å². The Bertz CT molecular complexity index is 542. The molecule has 0 radical (unpaired) electrons. The van der Waals surface area contributed by atoms with Crippen molar-refractivity contribution in [2.45, 2.75) is 51.7 Å². The van der Waals surface area contributed by atoms with Gasteiger partial charge in [0.2, 0.25) is 0 Å². The van der Waals surface area contributed by atoms with Crippen molar-refractivity contribution in [2.75, 3.05) is 0 Å². The second-order valence-electron chi connectivity index (χ2n) is 6.61. The van der Waals surface area contributed by atoms with E-state index >= 15 is 0 Å². The highest BCUT2D eigenvalue weighted by atomic mass is 16.3. The molecule has 0 aliphatic heterocycles. The zero-order valence-electron chi connectivity index (χ0n) is 11.6. The van der Waals surface area contributed by atoms with E-state index in [0.29, 0.717) is 30.6 Å². The van der Waals surface area contributed by atoms with E-state index in [1.54, 1.807) is 13.2 Å². The van der Waals surface area contributed by atoms with Crippen molar-refractivity contribution in [3.05, 3.63) is 23.2 Å². The molecule has 0 spiro atoms. The van der Waals surface area contributed by atoms with Gasteiger partial charge in [0.1, 0.15) is 5.76 Å². The Kier molecular flexibility index (Phi) is 2.51. The number of aliphatic hydroxyl groups is 2. The van der Waals surface area contributed by atoms with Crippen LogP contribution in [0.3, 0.4) is 0 Å². The van der Waals surface area contributed by atoms with Gasteiger partial charge in [0.15, 0.2) is 5.78 Å². The topological polar surface area (TPSA) is 70.7 Å². The summed E-state index contributed by atoms with van der Waals surface area (Å²) in [4.78, 5) is 12.8. The lowest BCUT2D eigenvalue weighted by Crippen LogP contribution is -2.60. The molecular weight excluding hydrogens is 244 g/mol. The number of rotatable bonds is 0. The summed E-state index contributed by atoms with van der Waals surface area (Å²) in [6.45, 7) is 5.44. The fourth-order valence-electron chi connectivity index (χ4n) is 4.06. The molecule has 19 heavy (non-hydrogen) atoms. The number of aliphatic hydroxyl groups excluding tert-OH is 1. The van der Waals surface area contributed by atoms with Crippen LogP contribution >= 0.6 is 0 Å². The minimum absolute atomic E-state index is 0.0845. The molecule has 4 atom stereocenters. The van der Waals surface area contributed by atoms with Gasteiger partial charge < -0.3 is 14.6 Å². The molecule has 0 unspecified atom stereocenters. The first-order valence-electron chi connectivity index (χ1n) is 6.79. The van der Waals surface area contributed by atoms with Crippen molar-refractivity contribution in [1.29, 1.82) is 0 Å². The van der Waals surface area contributed by atoms with Crippen molar-refractivity contribution in [3.8, 4) is 0 Å². The summed E-state index contributed by atoms with van der Waals surface area (Å²) < 4.78 is 5.47. The Labute approximate surface area is 112 Å². The van der Waals surface area contributed by atoms with Gasteiger partial charge in [-0.05, 0) is 32.3 Å². The summed E-state index contributed by atoms with van der Waals surface area (Å²) >= 11 is 0. The van der Waals surface area contributed by atoms with E-state index in [0.717, 1.165) is 5.56 Å². The molecule has 4 heteroatoms. The monoisotopic (exact) mass is 264 g/mol.